The van der Waals surface area contributed by atoms with Crippen LogP contribution in [0.1, 0.15) is 12.5 Å². The standard InChI is InChI=1S/C20H25N5O2S/c1-14-11-16(25(7-9-26-3)8-10-27-4)5-6-18(14)23-24-20-17(12-21)15(2)19(13-22)28-20/h5-6,11,17,20H,7-10H2,1-4H3/b24-23+. The highest BCUT2D eigenvalue weighted by Crippen LogP contribution is 2.42. The first-order valence-electron chi connectivity index (χ1n) is 8.97. The van der Waals surface area contributed by atoms with Crippen LogP contribution in [-0.2, 0) is 9.47 Å². The molecule has 0 saturated heterocycles. The third kappa shape index (κ3) is 5.32. The van der Waals surface area contributed by atoms with Gasteiger partial charge in [-0.3, -0.25) is 0 Å². The topological polar surface area (TPSA) is 94.0 Å². The van der Waals surface area contributed by atoms with Gasteiger partial charge in [-0.1, -0.05) is 11.8 Å². The van der Waals surface area contributed by atoms with Gasteiger partial charge in [-0.25, -0.2) is 0 Å². The summed E-state index contributed by atoms with van der Waals surface area (Å²) in [7, 11) is 3.38. The fourth-order valence-electron chi connectivity index (χ4n) is 2.84. The maximum Gasteiger partial charge on any atom is 0.141 e. The molecule has 2 rings (SSSR count). The number of hydrogen-bond acceptors (Lipinski definition) is 8. The van der Waals surface area contributed by atoms with Crippen molar-refractivity contribution >= 4 is 23.1 Å². The lowest BCUT2D eigenvalue weighted by Gasteiger charge is -2.24. The lowest BCUT2D eigenvalue weighted by atomic mass is 10.0. The Hall–Kier alpha value is -2.39. The van der Waals surface area contributed by atoms with Crippen LogP contribution in [0.25, 0.3) is 0 Å². The van der Waals surface area contributed by atoms with Gasteiger partial charge in [0.15, 0.2) is 0 Å². The number of nitrogens with zero attached hydrogens (tertiary/aromatic N) is 5. The molecule has 1 aromatic carbocycles. The Bertz CT molecular complexity index is 817. The highest BCUT2D eigenvalue weighted by atomic mass is 32.2. The molecule has 148 valence electrons. The van der Waals surface area contributed by atoms with Crippen LogP contribution in [0.3, 0.4) is 0 Å². The summed E-state index contributed by atoms with van der Waals surface area (Å²) in [5.41, 5.74) is 3.59. The van der Waals surface area contributed by atoms with Crippen molar-refractivity contribution in [1.82, 2.24) is 0 Å². The molecule has 2 unspecified atom stereocenters. The molecule has 1 aliphatic heterocycles. The number of allylic oxidation sites excluding steroid dienone is 1. The molecule has 2 atom stereocenters. The average Bonchev–Trinajstić information content (AvgIpc) is 3.01. The van der Waals surface area contributed by atoms with Crippen LogP contribution in [-0.4, -0.2) is 45.9 Å². The zero-order chi connectivity index (χ0) is 20.5. The van der Waals surface area contributed by atoms with E-state index in [0.29, 0.717) is 18.1 Å². The van der Waals surface area contributed by atoms with E-state index in [2.05, 4.69) is 33.3 Å². The molecule has 1 aliphatic rings. The Morgan fingerprint density at radius 1 is 1.14 bits per heavy atom. The molecule has 0 saturated carbocycles. The van der Waals surface area contributed by atoms with Gasteiger partial charge in [0.2, 0.25) is 0 Å². The molecule has 1 heterocycles. The highest BCUT2D eigenvalue weighted by Gasteiger charge is 2.34. The second-order valence-corrected chi connectivity index (χ2v) is 7.52. The molecular formula is C20H25N5O2S. The lowest BCUT2D eigenvalue weighted by molar-refractivity contribution is 0.190. The fraction of sp³-hybridized carbons (Fsp3) is 0.500. The maximum atomic E-state index is 9.38. The van der Waals surface area contributed by atoms with Gasteiger partial charge in [0, 0.05) is 33.0 Å². The summed E-state index contributed by atoms with van der Waals surface area (Å²) in [6, 6.07) is 10.4. The number of hydrogen-bond donors (Lipinski definition) is 0. The molecule has 0 radical (unpaired) electrons. The van der Waals surface area contributed by atoms with Gasteiger partial charge in [0.05, 0.1) is 29.9 Å². The second kappa shape index (κ2) is 10.8. The van der Waals surface area contributed by atoms with Crippen LogP contribution in [0, 0.1) is 35.5 Å². The van der Waals surface area contributed by atoms with E-state index >= 15 is 0 Å². The van der Waals surface area contributed by atoms with Crippen molar-refractivity contribution in [2.24, 2.45) is 16.1 Å². The minimum Gasteiger partial charge on any atom is -0.383 e. The number of methoxy groups -OCH3 is 2. The number of thioether (sulfide) groups is 1. The van der Waals surface area contributed by atoms with Crippen molar-refractivity contribution in [3.8, 4) is 12.1 Å². The van der Waals surface area contributed by atoms with Gasteiger partial charge in [0.1, 0.15) is 17.4 Å². The monoisotopic (exact) mass is 399 g/mol. The minimum absolute atomic E-state index is 0.376. The number of azo groups is 1. The number of anilines is 1. The quantitative estimate of drug-likeness (QED) is 0.578. The molecule has 0 fully saturated rings. The van der Waals surface area contributed by atoms with Gasteiger partial charge in [-0.05, 0) is 43.2 Å². The van der Waals surface area contributed by atoms with E-state index in [1.165, 1.54) is 11.8 Å². The van der Waals surface area contributed by atoms with Gasteiger partial charge in [-0.15, -0.1) is 0 Å². The Morgan fingerprint density at radius 3 is 2.36 bits per heavy atom. The van der Waals surface area contributed by atoms with Crippen LogP contribution in [0.5, 0.6) is 0 Å². The molecule has 8 heteroatoms. The summed E-state index contributed by atoms with van der Waals surface area (Å²) in [6.45, 7) is 6.59. The van der Waals surface area contributed by atoms with Crippen LogP contribution < -0.4 is 4.90 Å². The SMILES string of the molecule is COCCN(CCOC)c1ccc(/N=N/C2SC(C#N)=C(C)C2C#N)c(C)c1. The van der Waals surface area contributed by atoms with Crippen LogP contribution in [0.2, 0.25) is 0 Å². The molecule has 0 aromatic heterocycles. The average molecular weight is 400 g/mol. The molecule has 0 amide bonds. The number of benzene rings is 1. The molecule has 28 heavy (non-hydrogen) atoms. The third-order valence-corrected chi connectivity index (χ3v) is 5.80. The largest absolute Gasteiger partial charge is 0.383 e. The summed E-state index contributed by atoms with van der Waals surface area (Å²) in [5.74, 6) is -0.415. The molecule has 0 spiro atoms. The summed E-state index contributed by atoms with van der Waals surface area (Å²) in [5, 5.41) is 26.9. The first-order valence-corrected chi connectivity index (χ1v) is 9.85. The minimum atomic E-state index is -0.415. The molecular weight excluding hydrogens is 374 g/mol. The number of nitriles is 2. The molecule has 0 bridgehead atoms. The summed E-state index contributed by atoms with van der Waals surface area (Å²) in [6.07, 6.45) is 0. The van der Waals surface area contributed by atoms with E-state index in [1.807, 2.05) is 26.0 Å². The molecule has 0 aliphatic carbocycles. The van der Waals surface area contributed by atoms with E-state index in [9.17, 15) is 5.26 Å². The Kier molecular flexibility index (Phi) is 8.46. The summed E-state index contributed by atoms with van der Waals surface area (Å²) < 4.78 is 10.4. The zero-order valence-electron chi connectivity index (χ0n) is 16.7. The van der Waals surface area contributed by atoms with E-state index in [4.69, 9.17) is 14.7 Å². The first-order chi connectivity index (χ1) is 13.5. The van der Waals surface area contributed by atoms with Gasteiger partial charge < -0.3 is 14.4 Å². The normalized spacial score (nSPS) is 19.1. The van der Waals surface area contributed by atoms with Gasteiger partial charge >= 0.3 is 0 Å². The van der Waals surface area contributed by atoms with Crippen molar-refractivity contribution in [1.29, 1.82) is 10.5 Å². The second-order valence-electron chi connectivity index (χ2n) is 6.40. The van der Waals surface area contributed by atoms with Gasteiger partial charge in [0.25, 0.3) is 0 Å². The van der Waals surface area contributed by atoms with Crippen LogP contribution in [0.15, 0.2) is 38.9 Å². The predicted molar refractivity (Wildman–Crippen MR) is 110 cm³/mol. The fourth-order valence-corrected chi connectivity index (χ4v) is 3.95. The molecule has 7 nitrogen and oxygen atoms in total. The van der Waals surface area contributed by atoms with Crippen molar-refractivity contribution in [3.05, 3.63) is 34.2 Å². The molecule has 0 N–H and O–H groups in total. The maximum absolute atomic E-state index is 9.38. The number of rotatable bonds is 9. The van der Waals surface area contributed by atoms with Gasteiger partial charge in [-0.2, -0.15) is 20.8 Å². The zero-order valence-corrected chi connectivity index (χ0v) is 17.5. The summed E-state index contributed by atoms with van der Waals surface area (Å²) in [4.78, 5) is 2.76. The number of ether oxygens (including phenoxy) is 2. The highest BCUT2D eigenvalue weighted by molar-refractivity contribution is 8.04. The van der Waals surface area contributed by atoms with E-state index in [-0.39, 0.29) is 5.37 Å². The van der Waals surface area contributed by atoms with Crippen molar-refractivity contribution in [2.75, 3.05) is 45.4 Å². The lowest BCUT2D eigenvalue weighted by Crippen LogP contribution is -2.30. The summed E-state index contributed by atoms with van der Waals surface area (Å²) >= 11 is 1.30. The van der Waals surface area contributed by atoms with E-state index in [0.717, 1.165) is 35.6 Å². The van der Waals surface area contributed by atoms with Crippen molar-refractivity contribution < 1.29 is 9.47 Å². The van der Waals surface area contributed by atoms with E-state index in [1.54, 1.807) is 14.2 Å². The smallest absolute Gasteiger partial charge is 0.141 e. The Morgan fingerprint density at radius 2 is 1.82 bits per heavy atom. The van der Waals surface area contributed by atoms with E-state index < -0.39 is 5.92 Å². The Labute approximate surface area is 170 Å². The van der Waals surface area contributed by atoms with Crippen molar-refractivity contribution in [2.45, 2.75) is 19.2 Å². The first kappa shape index (κ1) is 21.9. The third-order valence-electron chi connectivity index (χ3n) is 4.54. The Balaban J connectivity index is 2.15. The van der Waals surface area contributed by atoms with Crippen LogP contribution in [0.4, 0.5) is 11.4 Å². The predicted octanol–water partition coefficient (Wildman–Crippen LogP) is 4.19. The van der Waals surface area contributed by atoms with Crippen LogP contribution >= 0.6 is 11.8 Å². The number of aryl methyl sites for hydroxylation is 1. The van der Waals surface area contributed by atoms with Crippen molar-refractivity contribution in [3.63, 3.8) is 0 Å². The molecule has 1 aromatic rings.